The first kappa shape index (κ1) is 83.6. The molecule has 0 atom stereocenters. The van der Waals surface area contributed by atoms with Crippen molar-refractivity contribution in [1.82, 2.24) is 0 Å². The summed E-state index contributed by atoms with van der Waals surface area (Å²) in [4.78, 5) is 108. The smallest absolute Gasteiger partial charge is 0.412 e. The molecule has 0 spiro atoms. The van der Waals surface area contributed by atoms with Crippen molar-refractivity contribution in [3.8, 4) is 0 Å². The fraction of sp³-hybridized carbons (Fsp3) is 0. The summed E-state index contributed by atoms with van der Waals surface area (Å²) in [6, 6.07) is 0. The van der Waals surface area contributed by atoms with Crippen LogP contribution in [0.4, 0.5) is 0 Å². The summed E-state index contributed by atoms with van der Waals surface area (Å²) < 4.78 is 44.4. The Morgan fingerprint density at radius 1 is 0.242 bits per heavy atom. The van der Waals surface area contributed by atoms with E-state index in [1.807, 2.05) is 0 Å². The van der Waals surface area contributed by atoms with E-state index in [1.54, 1.807) is 0 Å². The van der Waals surface area contributed by atoms with Crippen LogP contribution in [-0.4, -0.2) is 101 Å². The zero-order valence-electron chi connectivity index (χ0n) is 14.8. The molecular weight excluding hydrogens is 708 g/mol. The average Bonchev–Trinajstić information content (AvgIpc) is 1.79. The summed E-state index contributed by atoms with van der Waals surface area (Å²) in [5.74, 6) is 0. The summed E-state index contributed by atoms with van der Waals surface area (Å²) in [5.41, 5.74) is 0. The second-order valence-electron chi connectivity index (χ2n) is 2.57. The monoisotopic (exact) mass is 733 g/mol. The Balaban J connectivity index is -0.0000000130. The van der Waals surface area contributed by atoms with Gasteiger partial charge in [0.15, 0.2) is 0 Å². The number of hydrogen-bond donors (Lipinski definition) is 15. The van der Waals surface area contributed by atoms with Gasteiger partial charge in [-0.25, -0.2) is 22.8 Å². The summed E-state index contributed by atoms with van der Waals surface area (Å²) >= 11 is 0. The van der Waals surface area contributed by atoms with Gasteiger partial charge in [-0.3, -0.25) is 0 Å². The van der Waals surface area contributed by atoms with Gasteiger partial charge in [-0.05, 0) is 0 Å². The standard InChI is InChI=1S/5H3O4P.5H2O.3V/c5*1-5(2,3)4;;;;;;;;/h5*(H3,1,2,3,4);5*1H2;;;. The Hall–Kier alpha value is 2.10. The van der Waals surface area contributed by atoms with Gasteiger partial charge in [0.05, 0.1) is 0 Å². The number of rotatable bonds is 0. The normalized spacial score (nSPS) is 8.94. The average molecular weight is 733 g/mol. The molecule has 0 heterocycles. The van der Waals surface area contributed by atoms with E-state index >= 15 is 0 Å². The van der Waals surface area contributed by atoms with E-state index in [-0.39, 0.29) is 83.0 Å². The molecule has 0 rings (SSSR count). The largest absolute Gasteiger partial charge is 0.466 e. The first-order valence-electron chi connectivity index (χ1n) is 3.91. The van der Waals surface area contributed by atoms with Crippen LogP contribution in [0.3, 0.4) is 0 Å². The maximum absolute atomic E-state index is 8.88. The third kappa shape index (κ3) is 7950. The van der Waals surface area contributed by atoms with Crippen molar-refractivity contribution in [2.75, 3.05) is 0 Å². The minimum Gasteiger partial charge on any atom is -0.412 e. The first-order valence-corrected chi connectivity index (χ1v) is 11.7. The Labute approximate surface area is 217 Å². The molecule has 25 nitrogen and oxygen atoms in total. The summed E-state index contributed by atoms with van der Waals surface area (Å²) in [7, 11) is -23.2. The molecule has 33 heteroatoms. The van der Waals surface area contributed by atoms with Crippen molar-refractivity contribution in [2.45, 2.75) is 0 Å². The van der Waals surface area contributed by atoms with Gasteiger partial charge in [0.1, 0.15) is 0 Å². The zero-order chi connectivity index (χ0) is 22.5. The molecule has 0 aromatic rings. The van der Waals surface area contributed by atoms with E-state index in [1.165, 1.54) is 0 Å². The summed E-state index contributed by atoms with van der Waals surface area (Å²) in [6.45, 7) is 0. The predicted octanol–water partition coefficient (Wildman–Crippen LogP) is -8.77. The first-order chi connectivity index (χ1) is 10.0. The molecule has 0 bridgehead atoms. The van der Waals surface area contributed by atoms with Crippen LogP contribution in [0.5, 0.6) is 0 Å². The van der Waals surface area contributed by atoms with Crippen LogP contribution in [0, 0.1) is 0 Å². The van der Waals surface area contributed by atoms with E-state index in [0.29, 0.717) is 0 Å². The van der Waals surface area contributed by atoms with Gasteiger partial charge < -0.3 is 101 Å². The van der Waals surface area contributed by atoms with E-state index in [4.69, 9.17) is 96.2 Å². The van der Waals surface area contributed by atoms with E-state index < -0.39 is 39.1 Å². The summed E-state index contributed by atoms with van der Waals surface area (Å²) in [6.07, 6.45) is 0. The Morgan fingerprint density at radius 3 is 0.242 bits per heavy atom. The van der Waals surface area contributed by atoms with Crippen LogP contribution < -0.4 is 0 Å². The maximum Gasteiger partial charge on any atom is 0.466 e. The van der Waals surface area contributed by atoms with Gasteiger partial charge in [-0.15, -0.1) is 0 Å². The molecule has 0 fully saturated rings. The molecule has 0 aromatic heterocycles. The molecule has 0 amide bonds. The van der Waals surface area contributed by atoms with Gasteiger partial charge in [-0.2, -0.15) is 0 Å². The second-order valence-corrected chi connectivity index (χ2v) is 7.70. The Morgan fingerprint density at radius 2 is 0.242 bits per heavy atom. The van der Waals surface area contributed by atoms with Crippen LogP contribution >= 0.6 is 39.1 Å². The van der Waals surface area contributed by atoms with Crippen LogP contribution in [0.25, 0.3) is 0 Å². The fourth-order valence-electron chi connectivity index (χ4n) is 0. The molecular formula is H25O25P5V3. The second kappa shape index (κ2) is 36.3. The molecule has 0 aromatic carbocycles. The van der Waals surface area contributed by atoms with Crippen LogP contribution in [0.2, 0.25) is 0 Å². The molecule has 0 saturated carbocycles. The van der Waals surface area contributed by atoms with Crippen molar-refractivity contribution in [1.29, 1.82) is 0 Å². The van der Waals surface area contributed by atoms with Gasteiger partial charge in [-0.1, -0.05) is 0 Å². The van der Waals surface area contributed by atoms with Crippen molar-refractivity contribution < 1.29 is 179 Å². The number of phosphoric acid groups is 5. The van der Waals surface area contributed by atoms with Crippen molar-refractivity contribution >= 4 is 39.1 Å². The quantitative estimate of drug-likeness (QED) is 0.103. The molecule has 0 unspecified atom stereocenters. The molecule has 0 aliphatic rings. The number of hydrogen-bond acceptors (Lipinski definition) is 5. The Bertz CT molecular complexity index is 381. The molecule has 0 aliphatic carbocycles. The predicted molar refractivity (Wildman–Crippen MR) is 89.4 cm³/mol. The van der Waals surface area contributed by atoms with Crippen LogP contribution in [0.15, 0.2) is 0 Å². The zero-order valence-corrected chi connectivity index (χ0v) is 23.5. The molecule has 0 saturated heterocycles. The molecule has 25 N–H and O–H groups in total. The van der Waals surface area contributed by atoms with Gasteiger partial charge in [0.25, 0.3) is 0 Å². The van der Waals surface area contributed by atoms with E-state index in [2.05, 4.69) is 0 Å². The molecule has 3 radical (unpaired) electrons. The van der Waals surface area contributed by atoms with Gasteiger partial charge in [0, 0.05) is 55.7 Å². The van der Waals surface area contributed by atoms with E-state index in [0.717, 1.165) is 0 Å². The van der Waals surface area contributed by atoms with Crippen molar-refractivity contribution in [2.24, 2.45) is 0 Å². The molecule has 33 heavy (non-hydrogen) atoms. The SMILES string of the molecule is O.O.O.O.O.O=P(O)(O)O.O=P(O)(O)O.O=P(O)(O)O.O=P(O)(O)O.O=P(O)(O)O.[V].[V].[V]. The Kier molecular flexibility index (Phi) is 91.8. The topological polar surface area (TPSA) is 546 Å². The third-order valence-corrected chi connectivity index (χ3v) is 0. The van der Waals surface area contributed by atoms with Gasteiger partial charge in [0.2, 0.25) is 0 Å². The minimum atomic E-state index is -4.64. The van der Waals surface area contributed by atoms with E-state index in [9.17, 15) is 0 Å². The summed E-state index contributed by atoms with van der Waals surface area (Å²) in [5, 5.41) is 0. The fourth-order valence-corrected chi connectivity index (χ4v) is 0. The van der Waals surface area contributed by atoms with Crippen LogP contribution in [0.1, 0.15) is 0 Å². The maximum atomic E-state index is 8.88. The van der Waals surface area contributed by atoms with Gasteiger partial charge >= 0.3 is 39.1 Å². The third-order valence-electron chi connectivity index (χ3n) is 0. The van der Waals surface area contributed by atoms with Crippen LogP contribution in [-0.2, 0) is 78.5 Å². The van der Waals surface area contributed by atoms with Crippen molar-refractivity contribution in [3.63, 3.8) is 0 Å². The molecule has 0 aliphatic heterocycles. The van der Waals surface area contributed by atoms with Crippen molar-refractivity contribution in [3.05, 3.63) is 0 Å². The minimum absolute atomic E-state index is 0. The molecule has 215 valence electrons.